The Morgan fingerprint density at radius 2 is 1.94 bits per heavy atom. The molecular formula is C23H18N2O6S. The van der Waals surface area contributed by atoms with Crippen LogP contribution < -0.4 is 4.74 Å². The number of nitro benzene ring substituents is 1. The molecule has 9 heteroatoms. The third-order valence-electron chi connectivity index (χ3n) is 5.22. The fourth-order valence-electron chi connectivity index (χ4n) is 3.73. The summed E-state index contributed by atoms with van der Waals surface area (Å²) in [5.74, 6) is -1.49. The molecule has 162 valence electrons. The lowest BCUT2D eigenvalue weighted by molar-refractivity contribution is -0.384. The van der Waals surface area contributed by atoms with E-state index in [1.54, 1.807) is 36.4 Å². The highest BCUT2D eigenvalue weighted by molar-refractivity contribution is 7.10. The van der Waals surface area contributed by atoms with Crippen LogP contribution in [0.5, 0.6) is 5.75 Å². The van der Waals surface area contributed by atoms with Crippen molar-refractivity contribution in [1.29, 1.82) is 0 Å². The van der Waals surface area contributed by atoms with Crippen molar-refractivity contribution in [2.75, 3.05) is 7.11 Å². The van der Waals surface area contributed by atoms with E-state index in [0.717, 1.165) is 0 Å². The number of ether oxygens (including phenoxy) is 1. The number of thiophene rings is 1. The van der Waals surface area contributed by atoms with Crippen molar-refractivity contribution in [3.05, 3.63) is 97.7 Å². The number of nitrogens with zero attached hydrogens (tertiary/aromatic N) is 2. The lowest BCUT2D eigenvalue weighted by atomic mass is 9.99. The second-order valence-corrected chi connectivity index (χ2v) is 8.04. The monoisotopic (exact) mass is 450 g/mol. The van der Waals surface area contributed by atoms with Gasteiger partial charge in [0.15, 0.2) is 0 Å². The largest absolute Gasteiger partial charge is 0.507 e. The molecule has 1 aromatic heterocycles. The summed E-state index contributed by atoms with van der Waals surface area (Å²) in [5, 5.41) is 24.0. The number of amides is 1. The molecule has 0 bridgehead atoms. The first kappa shape index (κ1) is 21.3. The number of nitro groups is 1. The van der Waals surface area contributed by atoms with Crippen LogP contribution in [0, 0.1) is 10.1 Å². The van der Waals surface area contributed by atoms with Crippen LogP contribution >= 0.6 is 11.3 Å². The van der Waals surface area contributed by atoms with Crippen molar-refractivity contribution in [3.8, 4) is 5.75 Å². The van der Waals surface area contributed by atoms with Crippen molar-refractivity contribution < 1.29 is 24.4 Å². The van der Waals surface area contributed by atoms with Gasteiger partial charge < -0.3 is 14.7 Å². The Balaban J connectivity index is 1.84. The predicted octanol–water partition coefficient (Wildman–Crippen LogP) is 4.29. The summed E-state index contributed by atoms with van der Waals surface area (Å²) in [4.78, 5) is 38.7. The number of Topliss-reactive ketones (excluding diaryl/α,β-unsaturated/α-hetero) is 1. The Hall–Kier alpha value is -3.98. The third kappa shape index (κ3) is 3.74. The molecule has 1 atom stereocenters. The summed E-state index contributed by atoms with van der Waals surface area (Å²) < 4.78 is 5.38. The normalized spacial score (nSPS) is 17.5. The second-order valence-electron chi connectivity index (χ2n) is 7.06. The van der Waals surface area contributed by atoms with Gasteiger partial charge in [-0.15, -0.1) is 11.3 Å². The lowest BCUT2D eigenvalue weighted by Gasteiger charge is -2.25. The van der Waals surface area contributed by atoms with E-state index in [2.05, 4.69) is 0 Å². The van der Waals surface area contributed by atoms with E-state index < -0.39 is 28.4 Å². The minimum Gasteiger partial charge on any atom is -0.507 e. The van der Waals surface area contributed by atoms with Gasteiger partial charge in [-0.1, -0.05) is 36.4 Å². The molecule has 2 heterocycles. The molecular weight excluding hydrogens is 432 g/mol. The first-order chi connectivity index (χ1) is 15.4. The number of non-ortho nitro benzene ring substituents is 1. The molecule has 3 aromatic rings. The topological polar surface area (TPSA) is 110 Å². The maximum atomic E-state index is 13.0. The smallest absolute Gasteiger partial charge is 0.295 e. The first-order valence-corrected chi connectivity index (χ1v) is 10.5. The van der Waals surface area contributed by atoms with Crippen molar-refractivity contribution in [2.24, 2.45) is 0 Å². The van der Waals surface area contributed by atoms with Gasteiger partial charge in [0.2, 0.25) is 0 Å². The molecule has 0 spiro atoms. The van der Waals surface area contributed by atoms with Gasteiger partial charge in [0, 0.05) is 28.1 Å². The van der Waals surface area contributed by atoms with Crippen LogP contribution in [0.1, 0.15) is 22.0 Å². The van der Waals surface area contributed by atoms with Crippen LogP contribution in [0.25, 0.3) is 5.76 Å². The molecule has 1 aliphatic rings. The van der Waals surface area contributed by atoms with Crippen molar-refractivity contribution in [3.63, 3.8) is 0 Å². The Kier molecular flexibility index (Phi) is 5.74. The molecule has 0 saturated carbocycles. The molecule has 0 aliphatic carbocycles. The maximum absolute atomic E-state index is 13.0. The number of aliphatic hydroxyl groups is 1. The van der Waals surface area contributed by atoms with Gasteiger partial charge in [-0.05, 0) is 17.5 Å². The number of para-hydroxylation sites is 1. The van der Waals surface area contributed by atoms with E-state index >= 15 is 0 Å². The average molecular weight is 450 g/mol. The zero-order chi connectivity index (χ0) is 22.8. The van der Waals surface area contributed by atoms with Gasteiger partial charge >= 0.3 is 0 Å². The molecule has 32 heavy (non-hydrogen) atoms. The third-order valence-corrected chi connectivity index (χ3v) is 6.14. The number of carbonyl (C=O) groups excluding carboxylic acids is 2. The summed E-state index contributed by atoms with van der Waals surface area (Å²) >= 11 is 1.34. The molecule has 1 fully saturated rings. The van der Waals surface area contributed by atoms with E-state index in [9.17, 15) is 24.8 Å². The van der Waals surface area contributed by atoms with Gasteiger partial charge in [0.05, 0.1) is 30.2 Å². The summed E-state index contributed by atoms with van der Waals surface area (Å²) in [7, 11) is 1.52. The number of aliphatic hydroxyl groups excluding tert-OH is 1. The zero-order valence-corrected chi connectivity index (χ0v) is 17.7. The van der Waals surface area contributed by atoms with Crippen LogP contribution in [-0.4, -0.2) is 33.7 Å². The Morgan fingerprint density at radius 3 is 2.62 bits per heavy atom. The first-order valence-electron chi connectivity index (χ1n) is 9.61. The second kappa shape index (κ2) is 8.64. The lowest BCUT2D eigenvalue weighted by Crippen LogP contribution is -2.29. The molecule has 1 unspecified atom stereocenters. The number of hydrogen-bond acceptors (Lipinski definition) is 7. The molecule has 0 radical (unpaired) electrons. The SMILES string of the molecule is COc1ccccc1CN1C(=O)C(=O)/C(=C(\O)c2cccc([N+](=O)[O-])c2)C1c1cccs1. The molecule has 1 amide bonds. The number of likely N-dealkylation sites (tertiary alicyclic amines) is 1. The minimum atomic E-state index is -0.845. The highest BCUT2D eigenvalue weighted by Gasteiger charge is 2.46. The summed E-state index contributed by atoms with van der Waals surface area (Å²) in [6.45, 7) is 0.0862. The van der Waals surface area contributed by atoms with Crippen molar-refractivity contribution >= 4 is 34.5 Å². The molecule has 8 nitrogen and oxygen atoms in total. The van der Waals surface area contributed by atoms with Gasteiger partial charge in [-0.2, -0.15) is 0 Å². The standard InChI is InChI=1S/C23H18N2O6S/c1-31-17-9-3-2-6-15(17)13-24-20(18-10-5-11-32-18)19(22(27)23(24)28)21(26)14-7-4-8-16(12-14)25(29)30/h2-12,20,26H,13H2,1H3/b21-19-. The van der Waals surface area contributed by atoms with Crippen LogP contribution in [0.3, 0.4) is 0 Å². The predicted molar refractivity (Wildman–Crippen MR) is 118 cm³/mol. The van der Waals surface area contributed by atoms with Crippen molar-refractivity contribution in [1.82, 2.24) is 4.90 Å². The minimum absolute atomic E-state index is 0.0862. The van der Waals surface area contributed by atoms with Crippen LogP contribution in [0.15, 0.2) is 71.6 Å². The molecule has 1 N–H and O–H groups in total. The number of methoxy groups -OCH3 is 1. The average Bonchev–Trinajstić information content (AvgIpc) is 3.42. The van der Waals surface area contributed by atoms with Crippen molar-refractivity contribution in [2.45, 2.75) is 12.6 Å². The highest BCUT2D eigenvalue weighted by atomic mass is 32.1. The summed E-state index contributed by atoms with van der Waals surface area (Å²) in [6, 6.07) is 15.2. The van der Waals surface area contributed by atoms with Gasteiger partial charge in [-0.3, -0.25) is 19.7 Å². The Morgan fingerprint density at radius 1 is 1.16 bits per heavy atom. The highest BCUT2D eigenvalue weighted by Crippen LogP contribution is 2.42. The fraction of sp³-hybridized carbons (Fsp3) is 0.130. The van der Waals surface area contributed by atoms with E-state index in [1.165, 1.54) is 47.6 Å². The number of hydrogen-bond donors (Lipinski definition) is 1. The number of ketones is 1. The maximum Gasteiger partial charge on any atom is 0.295 e. The number of carbonyl (C=O) groups is 2. The van der Waals surface area contributed by atoms with E-state index in [-0.39, 0.29) is 23.4 Å². The van der Waals surface area contributed by atoms with Gasteiger partial charge in [-0.25, -0.2) is 0 Å². The molecule has 2 aromatic carbocycles. The van der Waals surface area contributed by atoms with Gasteiger partial charge in [0.25, 0.3) is 17.4 Å². The van der Waals surface area contributed by atoms with Gasteiger partial charge in [0.1, 0.15) is 11.5 Å². The molecule has 1 saturated heterocycles. The Bertz CT molecular complexity index is 1230. The molecule has 1 aliphatic heterocycles. The number of rotatable bonds is 6. The van der Waals surface area contributed by atoms with E-state index in [0.29, 0.717) is 16.2 Å². The van der Waals surface area contributed by atoms with E-state index in [1.807, 2.05) is 5.38 Å². The van der Waals surface area contributed by atoms with E-state index in [4.69, 9.17) is 4.74 Å². The fourth-order valence-corrected chi connectivity index (χ4v) is 4.57. The number of benzene rings is 2. The van der Waals surface area contributed by atoms with Crippen LogP contribution in [0.2, 0.25) is 0 Å². The van der Waals surface area contributed by atoms with Crippen LogP contribution in [0.4, 0.5) is 5.69 Å². The quantitative estimate of drug-likeness (QED) is 0.197. The molecule has 4 rings (SSSR count). The summed E-state index contributed by atoms with van der Waals surface area (Å²) in [6.07, 6.45) is 0. The zero-order valence-electron chi connectivity index (χ0n) is 16.9. The Labute approximate surface area is 187 Å². The summed E-state index contributed by atoms with van der Waals surface area (Å²) in [5.41, 5.74) is 0.461. The van der Waals surface area contributed by atoms with Crippen LogP contribution in [-0.2, 0) is 16.1 Å².